The molecule has 6 heteroatoms. The Labute approximate surface area is 103 Å². The number of aliphatic hydroxyl groups is 1. The zero-order valence-corrected chi connectivity index (χ0v) is 9.82. The second-order valence-electron chi connectivity index (χ2n) is 3.95. The average Bonchev–Trinajstić information content (AvgIpc) is 3.12. The van der Waals surface area contributed by atoms with Crippen molar-refractivity contribution >= 4 is 17.5 Å². The van der Waals surface area contributed by atoms with Gasteiger partial charge in [-0.3, -0.25) is 4.79 Å². The Kier molecular flexibility index (Phi) is 3.59. The highest BCUT2D eigenvalue weighted by Crippen LogP contribution is 2.29. The molecule has 0 bridgehead atoms. The molecule has 2 rings (SSSR count). The van der Waals surface area contributed by atoms with Gasteiger partial charge >= 0.3 is 0 Å². The summed E-state index contributed by atoms with van der Waals surface area (Å²) in [4.78, 5) is 17.2. The highest BCUT2D eigenvalue weighted by Gasteiger charge is 2.33. The third kappa shape index (κ3) is 2.73. The molecule has 0 unspecified atom stereocenters. The average molecular weight is 259 g/mol. The highest BCUT2D eigenvalue weighted by atomic mass is 35.5. The Hall–Kier alpha value is -1.20. The lowest BCUT2D eigenvalue weighted by molar-refractivity contribution is 0.0707. The van der Waals surface area contributed by atoms with Crippen LogP contribution in [0.3, 0.4) is 0 Å². The van der Waals surface area contributed by atoms with Crippen molar-refractivity contribution in [3.8, 4) is 0 Å². The Morgan fingerprint density at radius 3 is 2.94 bits per heavy atom. The molecular weight excluding hydrogens is 247 g/mol. The smallest absolute Gasteiger partial charge is 0.257 e. The van der Waals surface area contributed by atoms with Crippen molar-refractivity contribution in [1.29, 1.82) is 0 Å². The SMILES string of the molecule is O=C(c1cc(F)cnc1Cl)N(CCO)C1CC1. The summed E-state index contributed by atoms with van der Waals surface area (Å²) in [5.74, 6) is -0.976. The second-order valence-corrected chi connectivity index (χ2v) is 4.30. The summed E-state index contributed by atoms with van der Waals surface area (Å²) < 4.78 is 13.0. The minimum Gasteiger partial charge on any atom is -0.395 e. The van der Waals surface area contributed by atoms with Gasteiger partial charge in [0.25, 0.3) is 5.91 Å². The Balaban J connectivity index is 2.24. The van der Waals surface area contributed by atoms with Gasteiger partial charge in [-0.25, -0.2) is 9.37 Å². The van der Waals surface area contributed by atoms with Gasteiger partial charge in [-0.05, 0) is 18.9 Å². The van der Waals surface area contributed by atoms with E-state index in [1.54, 1.807) is 0 Å². The predicted molar refractivity (Wildman–Crippen MR) is 60.3 cm³/mol. The van der Waals surface area contributed by atoms with Gasteiger partial charge in [0.05, 0.1) is 18.4 Å². The normalized spacial score (nSPS) is 14.8. The molecule has 0 radical (unpaired) electrons. The summed E-state index contributed by atoms with van der Waals surface area (Å²) in [6.45, 7) is 0.110. The molecule has 0 atom stereocenters. The molecule has 0 spiro atoms. The number of amides is 1. The second kappa shape index (κ2) is 4.98. The van der Waals surface area contributed by atoms with Gasteiger partial charge in [0.1, 0.15) is 11.0 Å². The van der Waals surface area contributed by atoms with E-state index in [2.05, 4.69) is 4.98 Å². The van der Waals surface area contributed by atoms with Gasteiger partial charge in [-0.2, -0.15) is 0 Å². The van der Waals surface area contributed by atoms with Crippen LogP contribution in [0.1, 0.15) is 23.2 Å². The standard InChI is InChI=1S/C11H12ClFN2O2/c12-10-9(5-7(13)6-14-10)11(17)15(3-4-16)8-1-2-8/h5-6,8,16H,1-4H2. The van der Waals surface area contributed by atoms with Crippen LogP contribution in [0.2, 0.25) is 5.15 Å². The summed E-state index contributed by atoms with van der Waals surface area (Å²) in [6.07, 6.45) is 2.78. The first-order valence-corrected chi connectivity index (χ1v) is 5.74. The van der Waals surface area contributed by atoms with Crippen LogP contribution in [0.4, 0.5) is 4.39 Å². The van der Waals surface area contributed by atoms with Crippen molar-refractivity contribution in [2.75, 3.05) is 13.2 Å². The molecule has 4 nitrogen and oxygen atoms in total. The maximum Gasteiger partial charge on any atom is 0.257 e. The van der Waals surface area contributed by atoms with Gasteiger partial charge in [0, 0.05) is 12.6 Å². The third-order valence-electron chi connectivity index (χ3n) is 2.63. The van der Waals surface area contributed by atoms with Crippen molar-refractivity contribution in [2.24, 2.45) is 0 Å². The number of nitrogens with zero attached hydrogens (tertiary/aromatic N) is 2. The van der Waals surface area contributed by atoms with Crippen molar-refractivity contribution in [1.82, 2.24) is 9.88 Å². The minimum atomic E-state index is -0.600. The fourth-order valence-electron chi connectivity index (χ4n) is 1.67. The van der Waals surface area contributed by atoms with E-state index in [9.17, 15) is 9.18 Å². The molecule has 0 saturated heterocycles. The van der Waals surface area contributed by atoms with Crippen LogP contribution in [-0.4, -0.2) is 40.1 Å². The van der Waals surface area contributed by atoms with E-state index in [0.29, 0.717) is 0 Å². The lowest BCUT2D eigenvalue weighted by Gasteiger charge is -2.21. The number of aliphatic hydroxyl groups excluding tert-OH is 1. The first kappa shape index (κ1) is 12.3. The number of rotatable bonds is 4. The van der Waals surface area contributed by atoms with Crippen molar-refractivity contribution < 1.29 is 14.3 Å². The van der Waals surface area contributed by atoms with Crippen LogP contribution >= 0.6 is 11.6 Å². The van der Waals surface area contributed by atoms with Gasteiger partial charge in [-0.15, -0.1) is 0 Å². The lowest BCUT2D eigenvalue weighted by Crippen LogP contribution is -2.35. The van der Waals surface area contributed by atoms with Crippen molar-refractivity contribution in [3.05, 3.63) is 28.8 Å². The first-order chi connectivity index (χ1) is 8.13. The number of pyridine rings is 1. The molecule has 1 N–H and O–H groups in total. The Bertz CT molecular complexity index is 437. The topological polar surface area (TPSA) is 53.4 Å². The monoisotopic (exact) mass is 258 g/mol. The number of carbonyl (C=O) groups is 1. The van der Waals surface area contributed by atoms with Crippen LogP contribution in [0.5, 0.6) is 0 Å². The molecule has 1 heterocycles. The van der Waals surface area contributed by atoms with E-state index in [1.165, 1.54) is 4.90 Å². The largest absolute Gasteiger partial charge is 0.395 e. The summed E-state index contributed by atoms with van der Waals surface area (Å²) >= 11 is 5.77. The third-order valence-corrected chi connectivity index (χ3v) is 2.93. The molecule has 1 fully saturated rings. The number of hydrogen-bond acceptors (Lipinski definition) is 3. The zero-order valence-electron chi connectivity index (χ0n) is 9.07. The number of halogens is 2. The Morgan fingerprint density at radius 2 is 2.35 bits per heavy atom. The maximum atomic E-state index is 13.0. The van der Waals surface area contributed by atoms with Gasteiger partial charge in [0.15, 0.2) is 0 Å². The molecule has 1 amide bonds. The summed E-state index contributed by atoms with van der Waals surface area (Å²) in [5, 5.41) is 8.90. The predicted octanol–water partition coefficient (Wildman–Crippen LogP) is 1.47. The van der Waals surface area contributed by atoms with E-state index in [-0.39, 0.29) is 35.8 Å². The molecule has 0 aliphatic heterocycles. The number of aromatic nitrogens is 1. The molecule has 1 aliphatic carbocycles. The van der Waals surface area contributed by atoms with Crippen LogP contribution in [0, 0.1) is 5.82 Å². The molecule has 1 aromatic heterocycles. The van der Waals surface area contributed by atoms with E-state index in [1.807, 2.05) is 0 Å². The van der Waals surface area contributed by atoms with Gasteiger partial charge < -0.3 is 10.0 Å². The molecular formula is C11H12ClFN2O2. The first-order valence-electron chi connectivity index (χ1n) is 5.36. The van der Waals surface area contributed by atoms with Crippen LogP contribution in [-0.2, 0) is 0 Å². The van der Waals surface area contributed by atoms with Crippen molar-refractivity contribution in [3.63, 3.8) is 0 Å². The quantitative estimate of drug-likeness (QED) is 0.832. The Morgan fingerprint density at radius 1 is 1.65 bits per heavy atom. The molecule has 1 aromatic rings. The summed E-state index contributed by atoms with van der Waals surface area (Å²) in [7, 11) is 0. The summed E-state index contributed by atoms with van der Waals surface area (Å²) in [5.41, 5.74) is 0.0482. The number of carbonyl (C=O) groups excluding carboxylic acids is 1. The minimum absolute atomic E-state index is 0.0139. The molecule has 0 aromatic carbocycles. The van der Waals surface area contributed by atoms with Crippen molar-refractivity contribution in [2.45, 2.75) is 18.9 Å². The fraction of sp³-hybridized carbons (Fsp3) is 0.455. The van der Waals surface area contributed by atoms with E-state index < -0.39 is 5.82 Å². The summed E-state index contributed by atoms with van der Waals surface area (Å²) in [6, 6.07) is 1.21. The van der Waals surface area contributed by atoms with E-state index in [4.69, 9.17) is 16.7 Å². The fourth-order valence-corrected chi connectivity index (χ4v) is 1.86. The lowest BCUT2D eigenvalue weighted by atomic mass is 10.2. The molecule has 92 valence electrons. The maximum absolute atomic E-state index is 13.0. The highest BCUT2D eigenvalue weighted by molar-refractivity contribution is 6.32. The van der Waals surface area contributed by atoms with Crippen LogP contribution in [0.25, 0.3) is 0 Å². The van der Waals surface area contributed by atoms with Crippen LogP contribution in [0.15, 0.2) is 12.3 Å². The van der Waals surface area contributed by atoms with E-state index >= 15 is 0 Å². The zero-order chi connectivity index (χ0) is 12.4. The van der Waals surface area contributed by atoms with Gasteiger partial charge in [0.2, 0.25) is 0 Å². The number of hydrogen-bond donors (Lipinski definition) is 1. The molecule has 1 saturated carbocycles. The van der Waals surface area contributed by atoms with Crippen LogP contribution < -0.4 is 0 Å². The molecule has 1 aliphatic rings. The molecule has 17 heavy (non-hydrogen) atoms. The van der Waals surface area contributed by atoms with E-state index in [0.717, 1.165) is 25.1 Å². The van der Waals surface area contributed by atoms with Gasteiger partial charge in [-0.1, -0.05) is 11.6 Å².